The lowest BCUT2D eigenvalue weighted by Crippen LogP contribution is -2.37. The monoisotopic (exact) mass is 319 g/mol. The highest BCUT2D eigenvalue weighted by Crippen LogP contribution is 2.25. The first-order chi connectivity index (χ1) is 11.0. The largest absolute Gasteiger partial charge is 0.341 e. The Hall–Kier alpha value is -1.85. The number of amides is 2. The summed E-state index contributed by atoms with van der Waals surface area (Å²) >= 11 is 0. The molecule has 2 amide bonds. The van der Waals surface area contributed by atoms with Crippen LogP contribution in [0.5, 0.6) is 0 Å². The number of hydrogen-bond donors (Lipinski definition) is 2. The minimum absolute atomic E-state index is 0.115. The maximum Gasteiger partial charge on any atom is 0.315 e. The number of hydrogen-bond acceptors (Lipinski definition) is 4. The summed E-state index contributed by atoms with van der Waals surface area (Å²) in [6.45, 7) is 6.43. The molecular formula is C17H29N5O. The van der Waals surface area contributed by atoms with E-state index in [-0.39, 0.29) is 12.1 Å². The lowest BCUT2D eigenvalue weighted by atomic mass is 9.95. The molecule has 1 aliphatic rings. The van der Waals surface area contributed by atoms with Gasteiger partial charge in [-0.3, -0.25) is 0 Å². The summed E-state index contributed by atoms with van der Waals surface area (Å²) in [7, 11) is 2.08. The summed E-state index contributed by atoms with van der Waals surface area (Å²) in [5, 5.41) is 5.65. The van der Waals surface area contributed by atoms with Crippen LogP contribution in [-0.4, -0.2) is 35.6 Å². The molecule has 1 aromatic heterocycles. The molecular weight excluding hydrogens is 290 g/mol. The Balaban J connectivity index is 2.06. The highest BCUT2D eigenvalue weighted by atomic mass is 16.2. The number of carbonyl (C=O) groups excluding carboxylic acids is 1. The molecule has 128 valence electrons. The van der Waals surface area contributed by atoms with E-state index in [2.05, 4.69) is 32.5 Å². The van der Waals surface area contributed by atoms with E-state index in [0.29, 0.717) is 12.6 Å². The van der Waals surface area contributed by atoms with Gasteiger partial charge in [0, 0.05) is 37.1 Å². The molecule has 1 fully saturated rings. The van der Waals surface area contributed by atoms with Crippen LogP contribution in [0, 0.1) is 6.92 Å². The van der Waals surface area contributed by atoms with Crippen LogP contribution in [-0.2, 0) is 0 Å². The van der Waals surface area contributed by atoms with E-state index < -0.39 is 0 Å². The average Bonchev–Trinajstić information content (AvgIpc) is 2.54. The van der Waals surface area contributed by atoms with Crippen molar-refractivity contribution in [1.29, 1.82) is 0 Å². The van der Waals surface area contributed by atoms with Gasteiger partial charge in [0.15, 0.2) is 0 Å². The van der Waals surface area contributed by atoms with Gasteiger partial charge >= 0.3 is 6.03 Å². The molecule has 6 nitrogen and oxygen atoms in total. The summed E-state index contributed by atoms with van der Waals surface area (Å²) in [5.41, 5.74) is 1.87. The molecule has 1 saturated carbocycles. The predicted octanol–water partition coefficient (Wildman–Crippen LogP) is 2.93. The van der Waals surface area contributed by atoms with E-state index in [4.69, 9.17) is 0 Å². The Morgan fingerprint density at radius 3 is 2.70 bits per heavy atom. The van der Waals surface area contributed by atoms with Crippen LogP contribution in [0.15, 0.2) is 6.20 Å². The number of rotatable bonds is 5. The maximum absolute atomic E-state index is 11.6. The van der Waals surface area contributed by atoms with Crippen molar-refractivity contribution >= 4 is 12.0 Å². The minimum Gasteiger partial charge on any atom is -0.341 e. The number of carbonyl (C=O) groups is 1. The first-order valence-electron chi connectivity index (χ1n) is 8.63. The molecule has 1 aromatic rings. The highest BCUT2D eigenvalue weighted by molar-refractivity contribution is 5.74. The number of anilines is 1. The van der Waals surface area contributed by atoms with Gasteiger partial charge in [0.05, 0.1) is 6.04 Å². The third-order valence-corrected chi connectivity index (χ3v) is 4.59. The third kappa shape index (κ3) is 4.56. The van der Waals surface area contributed by atoms with Gasteiger partial charge in [-0.05, 0) is 33.6 Å². The lowest BCUT2D eigenvalue weighted by Gasteiger charge is -2.31. The van der Waals surface area contributed by atoms with Gasteiger partial charge in [0.2, 0.25) is 5.95 Å². The van der Waals surface area contributed by atoms with E-state index in [1.54, 1.807) is 0 Å². The van der Waals surface area contributed by atoms with E-state index in [1.807, 2.05) is 27.0 Å². The van der Waals surface area contributed by atoms with Gasteiger partial charge in [-0.25, -0.2) is 14.8 Å². The fourth-order valence-corrected chi connectivity index (χ4v) is 3.18. The van der Waals surface area contributed by atoms with E-state index in [0.717, 1.165) is 17.2 Å². The average molecular weight is 319 g/mol. The van der Waals surface area contributed by atoms with Gasteiger partial charge in [-0.2, -0.15) is 0 Å². The number of nitrogens with one attached hydrogen (secondary N) is 2. The van der Waals surface area contributed by atoms with Crippen molar-refractivity contribution in [3.8, 4) is 0 Å². The van der Waals surface area contributed by atoms with Gasteiger partial charge < -0.3 is 15.5 Å². The fraction of sp³-hybridized carbons (Fsp3) is 0.706. The topological polar surface area (TPSA) is 70.2 Å². The first kappa shape index (κ1) is 17.5. The molecule has 1 aliphatic carbocycles. The fourth-order valence-electron chi connectivity index (χ4n) is 3.18. The smallest absolute Gasteiger partial charge is 0.315 e. The molecule has 23 heavy (non-hydrogen) atoms. The van der Waals surface area contributed by atoms with Gasteiger partial charge in [0.1, 0.15) is 0 Å². The molecule has 0 aliphatic heterocycles. The molecule has 0 radical (unpaired) electrons. The number of nitrogens with zero attached hydrogens (tertiary/aromatic N) is 3. The molecule has 0 aromatic carbocycles. The Morgan fingerprint density at radius 2 is 2.09 bits per heavy atom. The van der Waals surface area contributed by atoms with Gasteiger partial charge in [0.25, 0.3) is 0 Å². The lowest BCUT2D eigenvalue weighted by molar-refractivity contribution is 0.238. The maximum atomic E-state index is 11.6. The number of urea groups is 1. The van der Waals surface area contributed by atoms with Crippen molar-refractivity contribution in [1.82, 2.24) is 20.6 Å². The SMILES string of the molecule is CCNC(=O)NC(C)c1cnc(N(C)C2CCCCC2)nc1C. The standard InChI is InChI=1S/C17H29N5O/c1-5-18-17(23)21-13(3)15-11-19-16(20-12(15)2)22(4)14-9-7-6-8-10-14/h11,13-14H,5-10H2,1-4H3,(H2,18,21,23). The summed E-state index contributed by atoms with van der Waals surface area (Å²) in [6, 6.07) is 0.262. The summed E-state index contributed by atoms with van der Waals surface area (Å²) < 4.78 is 0. The molecule has 2 N–H and O–H groups in total. The molecule has 1 atom stereocenters. The van der Waals surface area contributed by atoms with Crippen LogP contribution in [0.1, 0.15) is 63.3 Å². The normalized spacial score (nSPS) is 16.7. The molecule has 0 bridgehead atoms. The zero-order valence-electron chi connectivity index (χ0n) is 14.7. The van der Waals surface area contributed by atoms with Gasteiger partial charge in [-0.1, -0.05) is 19.3 Å². The predicted molar refractivity (Wildman–Crippen MR) is 92.7 cm³/mol. The second kappa shape index (κ2) is 8.13. The molecule has 2 rings (SSSR count). The quantitative estimate of drug-likeness (QED) is 0.875. The third-order valence-electron chi connectivity index (χ3n) is 4.59. The summed E-state index contributed by atoms with van der Waals surface area (Å²) in [5.74, 6) is 0.781. The Labute approximate surface area is 139 Å². The van der Waals surface area contributed by atoms with E-state index in [1.165, 1.54) is 32.1 Å². The Bertz CT molecular complexity index is 528. The van der Waals surface area contributed by atoms with Crippen molar-refractivity contribution in [3.63, 3.8) is 0 Å². The van der Waals surface area contributed by atoms with Crippen LogP contribution in [0.2, 0.25) is 0 Å². The van der Waals surface area contributed by atoms with Crippen molar-refractivity contribution in [2.45, 2.75) is 65.0 Å². The minimum atomic E-state index is -0.164. The van der Waals surface area contributed by atoms with Crippen LogP contribution >= 0.6 is 0 Å². The number of aromatic nitrogens is 2. The van der Waals surface area contributed by atoms with Crippen LogP contribution in [0.4, 0.5) is 10.7 Å². The zero-order valence-corrected chi connectivity index (χ0v) is 14.7. The van der Waals surface area contributed by atoms with Crippen molar-refractivity contribution in [3.05, 3.63) is 17.5 Å². The zero-order chi connectivity index (χ0) is 16.8. The van der Waals surface area contributed by atoms with E-state index in [9.17, 15) is 4.79 Å². The summed E-state index contributed by atoms with van der Waals surface area (Å²) in [4.78, 5) is 23.1. The van der Waals surface area contributed by atoms with Crippen LogP contribution in [0.3, 0.4) is 0 Å². The van der Waals surface area contributed by atoms with Crippen LogP contribution < -0.4 is 15.5 Å². The van der Waals surface area contributed by atoms with E-state index >= 15 is 0 Å². The first-order valence-corrected chi connectivity index (χ1v) is 8.63. The Kier molecular flexibility index (Phi) is 6.19. The summed E-state index contributed by atoms with van der Waals surface area (Å²) in [6.07, 6.45) is 8.20. The molecule has 1 unspecified atom stereocenters. The Morgan fingerprint density at radius 1 is 1.39 bits per heavy atom. The van der Waals surface area contributed by atoms with Crippen molar-refractivity contribution in [2.24, 2.45) is 0 Å². The molecule has 6 heteroatoms. The van der Waals surface area contributed by atoms with Gasteiger partial charge in [-0.15, -0.1) is 0 Å². The van der Waals surface area contributed by atoms with Crippen molar-refractivity contribution < 1.29 is 4.79 Å². The number of aryl methyl sites for hydroxylation is 1. The molecule has 0 saturated heterocycles. The molecule has 0 spiro atoms. The highest BCUT2D eigenvalue weighted by Gasteiger charge is 2.21. The second-order valence-electron chi connectivity index (χ2n) is 6.34. The molecule has 1 heterocycles. The van der Waals surface area contributed by atoms with Crippen molar-refractivity contribution in [2.75, 3.05) is 18.5 Å². The van der Waals surface area contributed by atoms with Crippen LogP contribution in [0.25, 0.3) is 0 Å². The second-order valence-corrected chi connectivity index (χ2v) is 6.34.